The first-order valence-electron chi connectivity index (χ1n) is 4.56. The van der Waals surface area contributed by atoms with Crippen LogP contribution < -0.4 is 0 Å². The minimum atomic E-state index is -3.42. The fraction of sp³-hybridized carbons (Fsp3) is 0.875. The molecule has 0 bridgehead atoms. The number of rotatable bonds is 4. The molecule has 1 unspecified atom stereocenters. The smallest absolute Gasteiger partial charge is 0.237 e. The van der Waals surface area contributed by atoms with Gasteiger partial charge >= 0.3 is 0 Å². The maximum Gasteiger partial charge on any atom is 0.237 e. The molecule has 1 rings (SSSR count). The summed E-state index contributed by atoms with van der Waals surface area (Å²) in [6.07, 6.45) is 0.974. The number of hydrogen-bond donors (Lipinski definition) is 0. The van der Waals surface area contributed by atoms with E-state index in [2.05, 4.69) is 0 Å². The molecule has 1 fully saturated rings. The number of hydrogen-bond acceptors (Lipinski definition) is 3. The molecule has 0 spiro atoms. The zero-order valence-corrected chi connectivity index (χ0v) is 9.64. The lowest BCUT2D eigenvalue weighted by Gasteiger charge is -2.17. The zero-order chi connectivity index (χ0) is 10.8. The largest absolute Gasteiger partial charge is 0.274 e. The Balaban J connectivity index is 2.70. The molecule has 1 aliphatic rings. The molecule has 0 radical (unpaired) electrons. The lowest BCUT2D eigenvalue weighted by molar-refractivity contribution is -0.123. The summed E-state index contributed by atoms with van der Waals surface area (Å²) in [7, 11) is -3.42. The van der Waals surface area contributed by atoms with E-state index in [1.54, 1.807) is 6.92 Å². The fourth-order valence-electron chi connectivity index (χ4n) is 1.41. The summed E-state index contributed by atoms with van der Waals surface area (Å²) in [5, 5.41) is 0. The van der Waals surface area contributed by atoms with Crippen LogP contribution in [0.4, 0.5) is 0 Å². The van der Waals surface area contributed by atoms with Crippen LogP contribution in [-0.2, 0) is 14.8 Å². The van der Waals surface area contributed by atoms with Crippen LogP contribution in [0.2, 0.25) is 0 Å². The first-order chi connectivity index (χ1) is 6.47. The summed E-state index contributed by atoms with van der Waals surface area (Å²) in [5.74, 6) is -0.148. The van der Waals surface area contributed by atoms with Gasteiger partial charge in [-0.15, -0.1) is 11.6 Å². The average molecular weight is 240 g/mol. The maximum atomic E-state index is 11.7. The van der Waals surface area contributed by atoms with Crippen LogP contribution in [-0.4, -0.2) is 36.8 Å². The van der Waals surface area contributed by atoms with E-state index in [1.165, 1.54) is 0 Å². The molecule has 6 heteroatoms. The first kappa shape index (κ1) is 11.8. The van der Waals surface area contributed by atoms with Crippen LogP contribution in [0.1, 0.15) is 19.8 Å². The van der Waals surface area contributed by atoms with Gasteiger partial charge in [0.2, 0.25) is 15.9 Å². The Kier molecular flexibility index (Phi) is 3.78. The van der Waals surface area contributed by atoms with Crippen LogP contribution in [0.25, 0.3) is 0 Å². The van der Waals surface area contributed by atoms with Gasteiger partial charge in [0.05, 0.1) is 5.75 Å². The predicted octanol–water partition coefficient (Wildman–Crippen LogP) is 0.813. The molecular weight excluding hydrogens is 226 g/mol. The van der Waals surface area contributed by atoms with Gasteiger partial charge in [0.25, 0.3) is 0 Å². The molecule has 0 aliphatic carbocycles. The molecule has 82 valence electrons. The third-order valence-corrected chi connectivity index (χ3v) is 4.70. The van der Waals surface area contributed by atoms with Gasteiger partial charge in [0, 0.05) is 18.8 Å². The van der Waals surface area contributed by atoms with Crippen molar-refractivity contribution in [3.8, 4) is 0 Å². The SMILES string of the molecule is CC(CCl)CS(=O)(=O)N1CCCC1=O. The maximum absolute atomic E-state index is 11.7. The lowest BCUT2D eigenvalue weighted by atomic mass is 10.3. The normalized spacial score (nSPS) is 20.1. The van der Waals surface area contributed by atoms with E-state index in [1.807, 2.05) is 0 Å². The molecular formula is C8H14ClNO3S. The standard InChI is InChI=1S/C8H14ClNO3S/c1-7(5-9)6-14(12,13)10-4-2-3-8(10)11/h7H,2-6H2,1H3. The quantitative estimate of drug-likeness (QED) is 0.683. The van der Waals surface area contributed by atoms with Gasteiger partial charge in [-0.25, -0.2) is 12.7 Å². The minimum Gasteiger partial charge on any atom is -0.274 e. The molecule has 14 heavy (non-hydrogen) atoms. The van der Waals surface area contributed by atoms with E-state index in [9.17, 15) is 13.2 Å². The Morgan fingerprint density at radius 1 is 1.57 bits per heavy atom. The van der Waals surface area contributed by atoms with E-state index in [0.29, 0.717) is 25.3 Å². The van der Waals surface area contributed by atoms with E-state index >= 15 is 0 Å². The molecule has 4 nitrogen and oxygen atoms in total. The zero-order valence-electron chi connectivity index (χ0n) is 8.07. The third-order valence-electron chi connectivity index (χ3n) is 2.12. The number of amides is 1. The highest BCUT2D eigenvalue weighted by atomic mass is 35.5. The molecule has 0 aromatic rings. The summed E-state index contributed by atoms with van der Waals surface area (Å²) in [6.45, 7) is 2.08. The molecule has 1 saturated heterocycles. The van der Waals surface area contributed by atoms with Gasteiger partial charge in [-0.3, -0.25) is 4.79 Å². The summed E-state index contributed by atoms with van der Waals surface area (Å²) in [6, 6.07) is 0. The van der Waals surface area contributed by atoms with E-state index in [0.717, 1.165) is 4.31 Å². The second-order valence-electron chi connectivity index (χ2n) is 3.61. The molecule has 1 amide bonds. The number of nitrogens with zero attached hydrogens (tertiary/aromatic N) is 1. The number of alkyl halides is 1. The molecule has 0 aromatic heterocycles. The van der Waals surface area contributed by atoms with Crippen molar-refractivity contribution in [2.45, 2.75) is 19.8 Å². The molecule has 0 N–H and O–H groups in total. The van der Waals surface area contributed by atoms with Crippen molar-refractivity contribution in [2.75, 3.05) is 18.2 Å². The monoisotopic (exact) mass is 239 g/mol. The van der Waals surface area contributed by atoms with Crippen molar-refractivity contribution >= 4 is 27.5 Å². The average Bonchev–Trinajstić information content (AvgIpc) is 2.51. The summed E-state index contributed by atoms with van der Waals surface area (Å²) in [4.78, 5) is 11.2. The molecule has 1 atom stereocenters. The Bertz CT molecular complexity index is 315. The number of carbonyl (C=O) groups is 1. The van der Waals surface area contributed by atoms with E-state index in [4.69, 9.17) is 11.6 Å². The van der Waals surface area contributed by atoms with E-state index < -0.39 is 10.0 Å². The lowest BCUT2D eigenvalue weighted by Crippen LogP contribution is -2.35. The van der Waals surface area contributed by atoms with Crippen molar-refractivity contribution in [3.63, 3.8) is 0 Å². The van der Waals surface area contributed by atoms with E-state index in [-0.39, 0.29) is 17.6 Å². The van der Waals surface area contributed by atoms with Crippen molar-refractivity contribution in [1.29, 1.82) is 0 Å². The van der Waals surface area contributed by atoms with Crippen LogP contribution in [0.15, 0.2) is 0 Å². The highest BCUT2D eigenvalue weighted by Crippen LogP contribution is 2.17. The van der Waals surface area contributed by atoms with Crippen LogP contribution in [0.3, 0.4) is 0 Å². The first-order valence-corrected chi connectivity index (χ1v) is 6.71. The summed E-state index contributed by atoms with van der Waals surface area (Å²) < 4.78 is 24.3. The van der Waals surface area contributed by atoms with Gasteiger partial charge in [-0.2, -0.15) is 0 Å². The number of carbonyl (C=O) groups excluding carboxylic acids is 1. The predicted molar refractivity (Wildman–Crippen MR) is 54.6 cm³/mol. The summed E-state index contributed by atoms with van der Waals surface area (Å²) >= 11 is 5.53. The van der Waals surface area contributed by atoms with Crippen molar-refractivity contribution < 1.29 is 13.2 Å². The van der Waals surface area contributed by atoms with Gasteiger partial charge in [0.15, 0.2) is 0 Å². The van der Waals surface area contributed by atoms with Crippen molar-refractivity contribution in [2.24, 2.45) is 5.92 Å². The Morgan fingerprint density at radius 3 is 2.64 bits per heavy atom. The van der Waals surface area contributed by atoms with Crippen LogP contribution >= 0.6 is 11.6 Å². The van der Waals surface area contributed by atoms with Gasteiger partial charge in [-0.1, -0.05) is 6.92 Å². The van der Waals surface area contributed by atoms with Gasteiger partial charge in [0.1, 0.15) is 0 Å². The molecule has 0 aromatic carbocycles. The minimum absolute atomic E-state index is 0.0394. The van der Waals surface area contributed by atoms with Crippen LogP contribution in [0.5, 0.6) is 0 Å². The Hall–Kier alpha value is -0.290. The highest BCUT2D eigenvalue weighted by molar-refractivity contribution is 7.89. The van der Waals surface area contributed by atoms with Gasteiger partial charge in [-0.05, 0) is 12.3 Å². The van der Waals surface area contributed by atoms with Gasteiger partial charge < -0.3 is 0 Å². The third kappa shape index (κ3) is 2.60. The Labute approximate surface area is 89.3 Å². The number of halogens is 1. The van der Waals surface area contributed by atoms with Crippen LogP contribution in [0, 0.1) is 5.92 Å². The second-order valence-corrected chi connectivity index (χ2v) is 5.85. The fourth-order valence-corrected chi connectivity index (χ4v) is 3.48. The topological polar surface area (TPSA) is 54.5 Å². The molecule has 1 heterocycles. The van der Waals surface area contributed by atoms with Crippen molar-refractivity contribution in [3.05, 3.63) is 0 Å². The highest BCUT2D eigenvalue weighted by Gasteiger charge is 2.32. The Morgan fingerprint density at radius 2 is 2.21 bits per heavy atom. The second kappa shape index (κ2) is 4.49. The van der Waals surface area contributed by atoms with Crippen molar-refractivity contribution in [1.82, 2.24) is 4.31 Å². The number of sulfonamides is 1. The summed E-state index contributed by atoms with van der Waals surface area (Å²) in [5.41, 5.74) is 0. The molecule has 0 saturated carbocycles. The molecule has 1 aliphatic heterocycles.